The van der Waals surface area contributed by atoms with Crippen LogP contribution in [0.4, 0.5) is 0 Å². The molecule has 0 fully saturated rings. The summed E-state index contributed by atoms with van der Waals surface area (Å²) in [6.07, 6.45) is 3.70. The zero-order chi connectivity index (χ0) is 13.1. The van der Waals surface area contributed by atoms with E-state index in [1.807, 2.05) is 24.3 Å². The summed E-state index contributed by atoms with van der Waals surface area (Å²) in [7, 11) is 0. The van der Waals surface area contributed by atoms with Gasteiger partial charge in [0.15, 0.2) is 17.3 Å². The predicted molar refractivity (Wildman–Crippen MR) is 69.7 cm³/mol. The molecule has 4 nitrogen and oxygen atoms in total. The number of carbonyl (C=O) groups is 1. The Morgan fingerprint density at radius 3 is 2.74 bits per heavy atom. The second kappa shape index (κ2) is 5.10. The molecule has 2 aromatic rings. The molecule has 0 aliphatic carbocycles. The summed E-state index contributed by atoms with van der Waals surface area (Å²) in [6, 6.07) is 9.08. The van der Waals surface area contributed by atoms with Crippen molar-refractivity contribution in [1.29, 1.82) is 0 Å². The molecule has 0 saturated heterocycles. The maximum atomic E-state index is 12.3. The molecule has 0 amide bonds. The van der Waals surface area contributed by atoms with E-state index in [1.54, 1.807) is 18.5 Å². The summed E-state index contributed by atoms with van der Waals surface area (Å²) in [5.74, 6) is 1.23. The molecule has 96 valence electrons. The smallest absolute Gasteiger partial charge is 0.172 e. The predicted octanol–water partition coefficient (Wildman–Crippen LogP) is 2.28. The highest BCUT2D eigenvalue weighted by atomic mass is 16.6. The summed E-state index contributed by atoms with van der Waals surface area (Å²) < 4.78 is 11.0. The van der Waals surface area contributed by atoms with Gasteiger partial charge in [0.25, 0.3) is 0 Å². The largest absolute Gasteiger partial charge is 0.486 e. The topological polar surface area (TPSA) is 48.4 Å². The molecule has 0 unspecified atom stereocenters. The van der Waals surface area contributed by atoms with E-state index in [-0.39, 0.29) is 5.78 Å². The number of aromatic nitrogens is 1. The SMILES string of the molecule is O=C(Cc1ccncc1)c1cccc2c1OCCO2. The Labute approximate surface area is 111 Å². The van der Waals surface area contributed by atoms with E-state index < -0.39 is 0 Å². The third-order valence-corrected chi connectivity index (χ3v) is 2.98. The lowest BCUT2D eigenvalue weighted by Gasteiger charge is -2.20. The van der Waals surface area contributed by atoms with E-state index in [0.29, 0.717) is 36.7 Å². The zero-order valence-electron chi connectivity index (χ0n) is 10.3. The van der Waals surface area contributed by atoms with Crippen molar-refractivity contribution in [2.75, 3.05) is 13.2 Å². The van der Waals surface area contributed by atoms with Crippen LogP contribution in [0.3, 0.4) is 0 Å². The van der Waals surface area contributed by atoms with Gasteiger partial charge in [-0.1, -0.05) is 6.07 Å². The molecule has 0 bridgehead atoms. The van der Waals surface area contributed by atoms with Crippen LogP contribution in [-0.4, -0.2) is 24.0 Å². The normalized spacial score (nSPS) is 13.1. The van der Waals surface area contributed by atoms with Crippen molar-refractivity contribution in [1.82, 2.24) is 4.98 Å². The van der Waals surface area contributed by atoms with Crippen LogP contribution in [0, 0.1) is 0 Å². The highest BCUT2D eigenvalue weighted by Crippen LogP contribution is 2.34. The van der Waals surface area contributed by atoms with Crippen LogP contribution < -0.4 is 9.47 Å². The lowest BCUT2D eigenvalue weighted by atomic mass is 10.0. The van der Waals surface area contributed by atoms with Gasteiger partial charge >= 0.3 is 0 Å². The molecule has 0 radical (unpaired) electrons. The molecule has 0 saturated carbocycles. The number of ketones is 1. The highest BCUT2D eigenvalue weighted by molar-refractivity contribution is 6.00. The minimum atomic E-state index is 0.0218. The molecule has 19 heavy (non-hydrogen) atoms. The number of benzene rings is 1. The first-order valence-electron chi connectivity index (χ1n) is 6.15. The third kappa shape index (κ3) is 2.42. The quantitative estimate of drug-likeness (QED) is 0.789. The van der Waals surface area contributed by atoms with Crippen LogP contribution in [0.25, 0.3) is 0 Å². The van der Waals surface area contributed by atoms with Crippen LogP contribution in [0.2, 0.25) is 0 Å². The van der Waals surface area contributed by atoms with Crippen LogP contribution in [-0.2, 0) is 6.42 Å². The Kier molecular flexibility index (Phi) is 3.14. The van der Waals surface area contributed by atoms with Crippen LogP contribution in [0.15, 0.2) is 42.7 Å². The molecule has 0 N–H and O–H groups in total. The van der Waals surface area contributed by atoms with Crippen molar-refractivity contribution in [3.05, 3.63) is 53.9 Å². The number of fused-ring (bicyclic) bond motifs is 1. The van der Waals surface area contributed by atoms with Gasteiger partial charge < -0.3 is 9.47 Å². The summed E-state index contributed by atoms with van der Waals surface area (Å²) in [6.45, 7) is 1.00. The van der Waals surface area contributed by atoms with Crippen molar-refractivity contribution in [2.45, 2.75) is 6.42 Å². The van der Waals surface area contributed by atoms with Crippen molar-refractivity contribution >= 4 is 5.78 Å². The molecule has 1 aromatic heterocycles. The van der Waals surface area contributed by atoms with E-state index in [4.69, 9.17) is 9.47 Å². The third-order valence-electron chi connectivity index (χ3n) is 2.98. The fourth-order valence-electron chi connectivity index (χ4n) is 2.07. The summed E-state index contributed by atoms with van der Waals surface area (Å²) in [5.41, 5.74) is 1.52. The number of hydrogen-bond acceptors (Lipinski definition) is 4. The first-order chi connectivity index (χ1) is 9.34. The average molecular weight is 255 g/mol. The van der Waals surface area contributed by atoms with E-state index in [0.717, 1.165) is 5.56 Å². The number of Topliss-reactive ketones (excluding diaryl/α,β-unsaturated/α-hetero) is 1. The van der Waals surface area contributed by atoms with Crippen molar-refractivity contribution in [2.24, 2.45) is 0 Å². The highest BCUT2D eigenvalue weighted by Gasteiger charge is 2.20. The molecule has 3 rings (SSSR count). The van der Waals surface area contributed by atoms with Gasteiger partial charge in [0.2, 0.25) is 0 Å². The standard InChI is InChI=1S/C15H13NO3/c17-13(10-11-4-6-16-7-5-11)12-2-1-3-14-15(12)19-9-8-18-14/h1-7H,8-10H2. The van der Waals surface area contributed by atoms with Crippen LogP contribution in [0.5, 0.6) is 11.5 Å². The number of nitrogens with zero attached hydrogens (tertiary/aromatic N) is 1. The maximum Gasteiger partial charge on any atom is 0.172 e. The van der Waals surface area contributed by atoms with Gasteiger partial charge in [-0.25, -0.2) is 0 Å². The van der Waals surface area contributed by atoms with Gasteiger partial charge in [0.1, 0.15) is 13.2 Å². The number of rotatable bonds is 3. The summed E-state index contributed by atoms with van der Waals surface area (Å²) in [4.78, 5) is 16.3. The van der Waals surface area contributed by atoms with Gasteiger partial charge in [0.05, 0.1) is 5.56 Å². The Morgan fingerprint density at radius 2 is 1.89 bits per heavy atom. The van der Waals surface area contributed by atoms with Crippen LogP contribution >= 0.6 is 0 Å². The molecule has 0 atom stereocenters. The first-order valence-corrected chi connectivity index (χ1v) is 6.15. The first kappa shape index (κ1) is 11.7. The minimum Gasteiger partial charge on any atom is -0.486 e. The molecule has 1 aliphatic rings. The Hall–Kier alpha value is -2.36. The minimum absolute atomic E-state index is 0.0218. The van der Waals surface area contributed by atoms with Gasteiger partial charge in [0, 0.05) is 18.8 Å². The van der Waals surface area contributed by atoms with Gasteiger partial charge in [-0.3, -0.25) is 9.78 Å². The molecule has 1 aliphatic heterocycles. The maximum absolute atomic E-state index is 12.3. The Morgan fingerprint density at radius 1 is 1.11 bits per heavy atom. The van der Waals surface area contributed by atoms with Crippen molar-refractivity contribution in [3.8, 4) is 11.5 Å². The van der Waals surface area contributed by atoms with Gasteiger partial charge in [-0.2, -0.15) is 0 Å². The van der Waals surface area contributed by atoms with E-state index >= 15 is 0 Å². The van der Waals surface area contributed by atoms with E-state index in [1.165, 1.54) is 0 Å². The van der Waals surface area contributed by atoms with E-state index in [2.05, 4.69) is 4.98 Å². The number of para-hydroxylation sites is 1. The fourth-order valence-corrected chi connectivity index (χ4v) is 2.07. The number of hydrogen-bond donors (Lipinski definition) is 0. The van der Waals surface area contributed by atoms with Crippen molar-refractivity contribution < 1.29 is 14.3 Å². The number of carbonyl (C=O) groups excluding carboxylic acids is 1. The zero-order valence-corrected chi connectivity index (χ0v) is 10.3. The molecular weight excluding hydrogens is 242 g/mol. The van der Waals surface area contributed by atoms with E-state index in [9.17, 15) is 4.79 Å². The summed E-state index contributed by atoms with van der Waals surface area (Å²) in [5, 5.41) is 0. The number of pyridine rings is 1. The lowest BCUT2D eigenvalue weighted by Crippen LogP contribution is -2.18. The molecule has 0 spiro atoms. The Balaban J connectivity index is 1.88. The second-order valence-electron chi connectivity index (χ2n) is 4.29. The van der Waals surface area contributed by atoms with Gasteiger partial charge in [-0.05, 0) is 29.8 Å². The molecule has 1 aromatic carbocycles. The molecule has 2 heterocycles. The lowest BCUT2D eigenvalue weighted by molar-refractivity contribution is 0.0982. The monoisotopic (exact) mass is 255 g/mol. The molecular formula is C15H13NO3. The van der Waals surface area contributed by atoms with Crippen molar-refractivity contribution in [3.63, 3.8) is 0 Å². The second-order valence-corrected chi connectivity index (χ2v) is 4.29. The summed E-state index contributed by atoms with van der Waals surface area (Å²) >= 11 is 0. The fraction of sp³-hybridized carbons (Fsp3) is 0.200. The molecule has 4 heteroatoms. The van der Waals surface area contributed by atoms with Crippen LogP contribution in [0.1, 0.15) is 15.9 Å². The Bertz CT molecular complexity index is 596. The van der Waals surface area contributed by atoms with Gasteiger partial charge in [-0.15, -0.1) is 0 Å². The average Bonchev–Trinajstić information content (AvgIpc) is 2.47. The number of ether oxygens (including phenoxy) is 2.